The van der Waals surface area contributed by atoms with Crippen molar-refractivity contribution in [3.63, 3.8) is 0 Å². The highest BCUT2D eigenvalue weighted by atomic mass is 79.9. The molecule has 3 rings (SSSR count). The third-order valence-corrected chi connectivity index (χ3v) is 4.86. The Morgan fingerprint density at radius 2 is 1.69 bits per heavy atom. The van der Waals surface area contributed by atoms with Crippen LogP contribution in [0.4, 0.5) is 0 Å². The van der Waals surface area contributed by atoms with Crippen LogP contribution in [0.3, 0.4) is 0 Å². The summed E-state index contributed by atoms with van der Waals surface area (Å²) in [6.45, 7) is 0.141. The molecule has 1 aliphatic rings. The third kappa shape index (κ3) is 3.43. The highest BCUT2D eigenvalue weighted by Gasteiger charge is 2.45. The van der Waals surface area contributed by atoms with Crippen LogP contribution < -0.4 is 0 Å². The lowest BCUT2D eigenvalue weighted by atomic mass is 9.95. The van der Waals surface area contributed by atoms with Crippen LogP contribution in [0, 0.1) is 0 Å². The molecule has 0 aromatic heterocycles. The molecular weight excluding hydrogens is 398 g/mol. The van der Waals surface area contributed by atoms with Crippen LogP contribution >= 0.6 is 15.9 Å². The Morgan fingerprint density at radius 3 is 2.31 bits per heavy atom. The van der Waals surface area contributed by atoms with Crippen LogP contribution in [0.25, 0.3) is 5.76 Å². The van der Waals surface area contributed by atoms with Gasteiger partial charge in [-0.1, -0.05) is 58.4 Å². The summed E-state index contributed by atoms with van der Waals surface area (Å²) in [6.07, 6.45) is 0.353. The van der Waals surface area contributed by atoms with Gasteiger partial charge in [0.1, 0.15) is 5.76 Å². The van der Waals surface area contributed by atoms with Crippen molar-refractivity contribution in [1.29, 1.82) is 0 Å². The number of benzene rings is 2. The summed E-state index contributed by atoms with van der Waals surface area (Å²) in [5, 5.41) is 19.9. The van der Waals surface area contributed by atoms with E-state index in [1.807, 2.05) is 30.3 Å². The lowest BCUT2D eigenvalue weighted by Gasteiger charge is -2.25. The first-order chi connectivity index (χ1) is 12.5. The number of ketones is 1. The van der Waals surface area contributed by atoms with E-state index < -0.39 is 17.7 Å². The minimum absolute atomic E-state index is 0.0708. The Hall–Kier alpha value is -2.44. The van der Waals surface area contributed by atoms with Crippen LogP contribution in [0.5, 0.6) is 0 Å². The molecule has 2 aromatic rings. The first-order valence-corrected chi connectivity index (χ1v) is 9.04. The van der Waals surface area contributed by atoms with Gasteiger partial charge in [0, 0.05) is 23.2 Å². The minimum Gasteiger partial charge on any atom is -0.507 e. The fraction of sp³-hybridized carbons (Fsp3) is 0.200. The molecule has 6 heteroatoms. The second kappa shape index (κ2) is 7.85. The van der Waals surface area contributed by atoms with E-state index in [2.05, 4.69) is 15.9 Å². The van der Waals surface area contributed by atoms with Gasteiger partial charge in [0.05, 0.1) is 11.6 Å². The van der Waals surface area contributed by atoms with Crippen molar-refractivity contribution < 1.29 is 19.8 Å². The summed E-state index contributed by atoms with van der Waals surface area (Å²) in [7, 11) is 0. The first kappa shape index (κ1) is 18.4. The van der Waals surface area contributed by atoms with Crippen LogP contribution in [0.15, 0.2) is 64.6 Å². The van der Waals surface area contributed by atoms with Gasteiger partial charge in [-0.05, 0) is 24.1 Å². The molecule has 0 saturated carbocycles. The number of carbonyl (C=O) groups is 2. The van der Waals surface area contributed by atoms with E-state index in [1.54, 1.807) is 24.3 Å². The molecule has 0 spiro atoms. The summed E-state index contributed by atoms with van der Waals surface area (Å²) in [5.41, 5.74) is 1.28. The Balaban J connectivity index is 2.15. The third-order valence-electron chi connectivity index (χ3n) is 4.33. The van der Waals surface area contributed by atoms with Gasteiger partial charge in [-0.25, -0.2) is 0 Å². The van der Waals surface area contributed by atoms with Crippen molar-refractivity contribution in [1.82, 2.24) is 4.90 Å². The van der Waals surface area contributed by atoms with E-state index in [0.29, 0.717) is 12.0 Å². The average molecular weight is 416 g/mol. The predicted octanol–water partition coefficient (Wildman–Crippen LogP) is 3.25. The van der Waals surface area contributed by atoms with Crippen LogP contribution in [-0.4, -0.2) is 40.0 Å². The lowest BCUT2D eigenvalue weighted by molar-refractivity contribution is -0.140. The topological polar surface area (TPSA) is 77.8 Å². The fourth-order valence-corrected chi connectivity index (χ4v) is 3.36. The van der Waals surface area contributed by atoms with Crippen molar-refractivity contribution in [2.75, 3.05) is 13.2 Å². The monoisotopic (exact) mass is 415 g/mol. The Morgan fingerprint density at radius 1 is 1.04 bits per heavy atom. The number of likely N-dealkylation sites (tertiary alicyclic amines) is 1. The van der Waals surface area contributed by atoms with Gasteiger partial charge in [0.2, 0.25) is 0 Å². The maximum Gasteiger partial charge on any atom is 0.295 e. The maximum atomic E-state index is 12.7. The van der Waals surface area contributed by atoms with Crippen molar-refractivity contribution in [2.24, 2.45) is 0 Å². The zero-order chi connectivity index (χ0) is 18.7. The molecule has 2 N–H and O–H groups in total. The smallest absolute Gasteiger partial charge is 0.295 e. The summed E-state index contributed by atoms with van der Waals surface area (Å²) in [4.78, 5) is 26.6. The summed E-state index contributed by atoms with van der Waals surface area (Å²) in [6, 6.07) is 15.3. The van der Waals surface area contributed by atoms with Crippen molar-refractivity contribution >= 4 is 33.4 Å². The van der Waals surface area contributed by atoms with Gasteiger partial charge in [0.25, 0.3) is 11.7 Å². The molecule has 26 heavy (non-hydrogen) atoms. The van der Waals surface area contributed by atoms with E-state index in [1.165, 1.54) is 4.90 Å². The van der Waals surface area contributed by atoms with Gasteiger partial charge in [-0.3, -0.25) is 9.59 Å². The molecule has 1 aliphatic heterocycles. The molecule has 1 saturated heterocycles. The Labute approximate surface area is 159 Å². The van der Waals surface area contributed by atoms with E-state index in [4.69, 9.17) is 5.11 Å². The molecule has 1 heterocycles. The highest BCUT2D eigenvalue weighted by molar-refractivity contribution is 9.10. The molecule has 0 aliphatic carbocycles. The lowest BCUT2D eigenvalue weighted by Crippen LogP contribution is -2.31. The van der Waals surface area contributed by atoms with Crippen LogP contribution in [0.1, 0.15) is 23.6 Å². The van der Waals surface area contributed by atoms with Gasteiger partial charge in [0.15, 0.2) is 0 Å². The summed E-state index contributed by atoms with van der Waals surface area (Å²) < 4.78 is 0.872. The summed E-state index contributed by atoms with van der Waals surface area (Å²) >= 11 is 3.37. The molecule has 2 aromatic carbocycles. The van der Waals surface area contributed by atoms with E-state index in [0.717, 1.165) is 10.0 Å². The standard InChI is InChI=1S/C20H18BrNO4/c21-15-9-7-13(8-10-15)17-16(18(24)14-5-2-1-3-6-14)19(25)20(26)22(17)11-4-12-23/h1-3,5-10,17,23-24H,4,11-12H2. The molecule has 1 atom stereocenters. The second-order valence-electron chi connectivity index (χ2n) is 5.99. The normalized spacial score (nSPS) is 19.2. The number of hydrogen-bond donors (Lipinski definition) is 2. The second-order valence-corrected chi connectivity index (χ2v) is 6.90. The SMILES string of the molecule is O=C1C(=O)N(CCCO)C(c2ccc(Br)cc2)C1=C(O)c1ccccc1. The number of amides is 1. The van der Waals surface area contributed by atoms with Gasteiger partial charge < -0.3 is 15.1 Å². The highest BCUT2D eigenvalue weighted by Crippen LogP contribution is 2.39. The van der Waals surface area contributed by atoms with Crippen molar-refractivity contribution in [3.8, 4) is 0 Å². The van der Waals surface area contributed by atoms with Gasteiger partial charge in [-0.2, -0.15) is 0 Å². The van der Waals surface area contributed by atoms with Crippen molar-refractivity contribution in [3.05, 3.63) is 75.8 Å². The molecule has 134 valence electrons. The molecule has 1 amide bonds. The molecule has 0 radical (unpaired) electrons. The number of aliphatic hydroxyl groups is 2. The number of Topliss-reactive ketones (excluding diaryl/α,β-unsaturated/α-hetero) is 1. The van der Waals surface area contributed by atoms with Gasteiger partial charge >= 0.3 is 0 Å². The number of carbonyl (C=O) groups excluding carboxylic acids is 2. The zero-order valence-corrected chi connectivity index (χ0v) is 15.5. The quantitative estimate of drug-likeness (QED) is 0.446. The maximum absolute atomic E-state index is 12.7. The van der Waals surface area contributed by atoms with Crippen LogP contribution in [-0.2, 0) is 9.59 Å². The Kier molecular flexibility index (Phi) is 5.54. The van der Waals surface area contributed by atoms with Crippen LogP contribution in [0.2, 0.25) is 0 Å². The minimum atomic E-state index is -0.711. The summed E-state index contributed by atoms with van der Waals surface area (Å²) in [5.74, 6) is -1.57. The largest absolute Gasteiger partial charge is 0.507 e. The number of rotatable bonds is 5. The molecule has 1 fully saturated rings. The van der Waals surface area contributed by atoms with E-state index >= 15 is 0 Å². The Bertz CT molecular complexity index is 846. The molecular formula is C20H18BrNO4. The number of aliphatic hydroxyl groups excluding tert-OH is 2. The number of halogens is 1. The number of nitrogens with zero attached hydrogens (tertiary/aromatic N) is 1. The number of hydrogen-bond acceptors (Lipinski definition) is 4. The van der Waals surface area contributed by atoms with Crippen molar-refractivity contribution in [2.45, 2.75) is 12.5 Å². The average Bonchev–Trinajstić information content (AvgIpc) is 2.91. The zero-order valence-electron chi connectivity index (χ0n) is 13.9. The first-order valence-electron chi connectivity index (χ1n) is 8.24. The molecule has 1 unspecified atom stereocenters. The van der Waals surface area contributed by atoms with E-state index in [-0.39, 0.29) is 24.5 Å². The van der Waals surface area contributed by atoms with E-state index in [9.17, 15) is 14.7 Å². The molecule has 5 nitrogen and oxygen atoms in total. The fourth-order valence-electron chi connectivity index (χ4n) is 3.09. The predicted molar refractivity (Wildman–Crippen MR) is 101 cm³/mol. The molecule has 0 bridgehead atoms. The van der Waals surface area contributed by atoms with Gasteiger partial charge in [-0.15, -0.1) is 0 Å².